The van der Waals surface area contributed by atoms with Gasteiger partial charge < -0.3 is 15.4 Å². The summed E-state index contributed by atoms with van der Waals surface area (Å²) in [7, 11) is 0. The number of morpholine rings is 1. The lowest BCUT2D eigenvalue weighted by Crippen LogP contribution is -2.48. The molecule has 0 radical (unpaired) electrons. The van der Waals surface area contributed by atoms with Gasteiger partial charge in [-0.2, -0.15) is 13.2 Å². The van der Waals surface area contributed by atoms with Gasteiger partial charge in [0, 0.05) is 44.7 Å². The quantitative estimate of drug-likeness (QED) is 0.713. The van der Waals surface area contributed by atoms with Crippen LogP contribution in [0.15, 0.2) is 24.3 Å². The Kier molecular flexibility index (Phi) is 10.7. The molecule has 0 bridgehead atoms. The Morgan fingerprint density at radius 1 is 1.24 bits per heavy atom. The summed E-state index contributed by atoms with van der Waals surface area (Å²) in [5.41, 5.74) is 0.0538. The number of amides is 1. The second-order valence-electron chi connectivity index (χ2n) is 7.25. The largest absolute Gasteiger partial charge is 0.416 e. The van der Waals surface area contributed by atoms with Crippen molar-refractivity contribution in [3.63, 3.8) is 0 Å². The fourth-order valence-corrected chi connectivity index (χ4v) is 3.60. The number of nitrogens with one attached hydrogen (secondary N) is 2. The monoisotopic (exact) mass is 457 g/mol. The zero-order valence-electron chi connectivity index (χ0n) is 16.0. The average Bonchev–Trinajstić information content (AvgIpc) is 2.64. The summed E-state index contributed by atoms with van der Waals surface area (Å²) in [4.78, 5) is 14.3. The molecule has 3 rings (SSSR count). The molecule has 1 aromatic carbocycles. The zero-order valence-corrected chi connectivity index (χ0v) is 17.7. The number of carbonyl (C=O) groups is 1. The number of rotatable bonds is 5. The average molecular weight is 458 g/mol. The highest BCUT2D eigenvalue weighted by Crippen LogP contribution is 2.30. The van der Waals surface area contributed by atoms with Crippen molar-refractivity contribution in [2.75, 3.05) is 32.8 Å². The van der Waals surface area contributed by atoms with Gasteiger partial charge in [0.15, 0.2) is 0 Å². The van der Waals surface area contributed by atoms with E-state index in [1.165, 1.54) is 12.1 Å². The highest BCUT2D eigenvalue weighted by atomic mass is 35.5. The van der Waals surface area contributed by atoms with Crippen LogP contribution >= 0.6 is 24.8 Å². The summed E-state index contributed by atoms with van der Waals surface area (Å²) < 4.78 is 43.8. The van der Waals surface area contributed by atoms with Gasteiger partial charge in [0.1, 0.15) is 0 Å². The van der Waals surface area contributed by atoms with E-state index in [0.29, 0.717) is 31.7 Å². The van der Waals surface area contributed by atoms with E-state index < -0.39 is 11.7 Å². The lowest BCUT2D eigenvalue weighted by atomic mass is 10.0. The minimum absolute atomic E-state index is 0. The number of likely N-dealkylation sites (tertiary alicyclic amines) is 1. The van der Waals surface area contributed by atoms with E-state index in [4.69, 9.17) is 4.74 Å². The van der Waals surface area contributed by atoms with Gasteiger partial charge in [0.05, 0.1) is 18.8 Å². The van der Waals surface area contributed by atoms with Gasteiger partial charge in [-0.05, 0) is 24.5 Å². The summed E-state index contributed by atoms with van der Waals surface area (Å²) in [5, 5.41) is 6.33. The molecule has 1 amide bonds. The standard InChI is InChI=1S/C19H26F3N3O2.2ClH/c20-19(21,22)15-3-1-2-14(10-15)12-25-7-4-16(5-8-25)24-18(26)11-17-13-27-9-6-23-17;;/h1-3,10,16-17,23H,4-9,11-13H2,(H,24,26);2*1H. The molecule has 2 aliphatic heterocycles. The molecule has 2 N–H and O–H groups in total. The van der Waals surface area contributed by atoms with Crippen LogP contribution in [0.1, 0.15) is 30.4 Å². The normalized spacial score (nSPS) is 21.0. The number of ether oxygens (including phenoxy) is 1. The maximum absolute atomic E-state index is 12.8. The number of hydrogen-bond donors (Lipinski definition) is 2. The first kappa shape index (κ1) is 26.0. The van der Waals surface area contributed by atoms with Crippen LogP contribution in [0.2, 0.25) is 0 Å². The smallest absolute Gasteiger partial charge is 0.378 e. The number of halogens is 5. The Bertz CT molecular complexity index is 635. The number of benzene rings is 1. The molecule has 5 nitrogen and oxygen atoms in total. The summed E-state index contributed by atoms with van der Waals surface area (Å²) in [6.45, 7) is 4.02. The molecule has 0 aromatic heterocycles. The fourth-order valence-electron chi connectivity index (χ4n) is 3.60. The van der Waals surface area contributed by atoms with Crippen molar-refractivity contribution in [2.24, 2.45) is 0 Å². The molecule has 0 aliphatic carbocycles. The third-order valence-corrected chi connectivity index (χ3v) is 5.04. The minimum Gasteiger partial charge on any atom is -0.378 e. The molecule has 0 spiro atoms. The molecule has 29 heavy (non-hydrogen) atoms. The summed E-state index contributed by atoms with van der Waals surface area (Å²) >= 11 is 0. The number of nitrogens with zero attached hydrogens (tertiary/aromatic N) is 1. The zero-order chi connectivity index (χ0) is 19.3. The minimum atomic E-state index is -4.31. The van der Waals surface area contributed by atoms with Gasteiger partial charge in [0.25, 0.3) is 0 Å². The topological polar surface area (TPSA) is 53.6 Å². The molecule has 2 aliphatic rings. The number of hydrogen-bond acceptors (Lipinski definition) is 4. The van der Waals surface area contributed by atoms with Crippen molar-refractivity contribution in [3.05, 3.63) is 35.4 Å². The van der Waals surface area contributed by atoms with Gasteiger partial charge >= 0.3 is 6.18 Å². The van der Waals surface area contributed by atoms with Gasteiger partial charge in [-0.25, -0.2) is 0 Å². The molecule has 2 saturated heterocycles. The van der Waals surface area contributed by atoms with E-state index in [2.05, 4.69) is 15.5 Å². The molecule has 1 aromatic rings. The summed E-state index contributed by atoms with van der Waals surface area (Å²) in [5.74, 6) is 0.0225. The summed E-state index contributed by atoms with van der Waals surface area (Å²) in [6.07, 6.45) is -2.30. The van der Waals surface area contributed by atoms with Crippen LogP contribution in [-0.2, 0) is 22.3 Å². The number of piperidine rings is 1. The first-order valence-corrected chi connectivity index (χ1v) is 9.39. The van der Waals surface area contributed by atoms with Crippen molar-refractivity contribution in [3.8, 4) is 0 Å². The van der Waals surface area contributed by atoms with Crippen LogP contribution in [0.3, 0.4) is 0 Å². The third-order valence-electron chi connectivity index (χ3n) is 5.04. The van der Waals surface area contributed by atoms with Gasteiger partial charge in [-0.1, -0.05) is 18.2 Å². The van der Waals surface area contributed by atoms with E-state index in [0.717, 1.165) is 38.5 Å². The van der Waals surface area contributed by atoms with Crippen molar-refractivity contribution >= 4 is 30.7 Å². The first-order valence-electron chi connectivity index (χ1n) is 9.39. The Morgan fingerprint density at radius 2 is 1.97 bits per heavy atom. The van der Waals surface area contributed by atoms with E-state index in [1.807, 2.05) is 0 Å². The van der Waals surface area contributed by atoms with Crippen LogP contribution in [0.25, 0.3) is 0 Å². The van der Waals surface area contributed by atoms with Crippen LogP contribution in [0, 0.1) is 0 Å². The van der Waals surface area contributed by atoms with Gasteiger partial charge in [-0.15, -0.1) is 24.8 Å². The van der Waals surface area contributed by atoms with Crippen molar-refractivity contribution in [2.45, 2.75) is 44.1 Å². The van der Waals surface area contributed by atoms with Crippen molar-refractivity contribution in [1.29, 1.82) is 0 Å². The Hall–Kier alpha value is -1.06. The molecule has 0 saturated carbocycles. The lowest BCUT2D eigenvalue weighted by molar-refractivity contribution is -0.137. The lowest BCUT2D eigenvalue weighted by Gasteiger charge is -2.33. The number of alkyl halides is 3. The second kappa shape index (κ2) is 12.0. The van der Waals surface area contributed by atoms with Crippen LogP contribution in [0.5, 0.6) is 0 Å². The Balaban J connectivity index is 0.00000210. The van der Waals surface area contributed by atoms with E-state index in [1.54, 1.807) is 6.07 Å². The molecule has 1 unspecified atom stereocenters. The highest BCUT2D eigenvalue weighted by molar-refractivity contribution is 5.85. The van der Waals surface area contributed by atoms with Gasteiger partial charge in [0.2, 0.25) is 5.91 Å². The maximum atomic E-state index is 12.8. The van der Waals surface area contributed by atoms with Crippen LogP contribution in [-0.4, -0.2) is 55.7 Å². The molecule has 1 atom stereocenters. The SMILES string of the molecule is Cl.Cl.O=C(CC1COCCN1)NC1CCN(Cc2cccc(C(F)(F)F)c2)CC1. The highest BCUT2D eigenvalue weighted by Gasteiger charge is 2.30. The second-order valence-corrected chi connectivity index (χ2v) is 7.25. The molecular weight excluding hydrogens is 430 g/mol. The third kappa shape index (κ3) is 8.30. The summed E-state index contributed by atoms with van der Waals surface area (Å²) in [6, 6.07) is 5.68. The van der Waals surface area contributed by atoms with Crippen LogP contribution in [0.4, 0.5) is 13.2 Å². The molecule has 2 fully saturated rings. The Morgan fingerprint density at radius 3 is 2.59 bits per heavy atom. The predicted octanol–water partition coefficient (Wildman–Crippen LogP) is 3.01. The predicted molar refractivity (Wildman–Crippen MR) is 110 cm³/mol. The maximum Gasteiger partial charge on any atom is 0.416 e. The Labute approximate surface area is 181 Å². The van der Waals surface area contributed by atoms with Gasteiger partial charge in [-0.3, -0.25) is 9.69 Å². The molecule has 166 valence electrons. The molecule has 10 heteroatoms. The first-order chi connectivity index (χ1) is 12.9. The van der Waals surface area contributed by atoms with Crippen molar-refractivity contribution < 1.29 is 22.7 Å². The molecule has 2 heterocycles. The van der Waals surface area contributed by atoms with E-state index >= 15 is 0 Å². The van der Waals surface area contributed by atoms with E-state index in [9.17, 15) is 18.0 Å². The van der Waals surface area contributed by atoms with E-state index in [-0.39, 0.29) is 42.8 Å². The molecular formula is C19H28Cl2F3N3O2. The fraction of sp³-hybridized carbons (Fsp3) is 0.632. The van der Waals surface area contributed by atoms with Crippen molar-refractivity contribution in [1.82, 2.24) is 15.5 Å². The van der Waals surface area contributed by atoms with Crippen LogP contribution < -0.4 is 10.6 Å². The number of carbonyl (C=O) groups excluding carboxylic acids is 1.